The Morgan fingerprint density at radius 1 is 1.35 bits per heavy atom. The second kappa shape index (κ2) is 6.59. The summed E-state index contributed by atoms with van der Waals surface area (Å²) in [6.07, 6.45) is 3.70. The smallest absolute Gasteiger partial charge is 0.122 e. The third-order valence-electron chi connectivity index (χ3n) is 3.40. The zero-order valence-corrected chi connectivity index (χ0v) is 13.1. The molecular weight excluding hydrogens is 295 g/mol. The van der Waals surface area contributed by atoms with E-state index in [-0.39, 0.29) is 6.04 Å². The largest absolute Gasteiger partial charge is 0.337 e. The quantitative estimate of drug-likeness (QED) is 0.923. The highest BCUT2D eigenvalue weighted by Crippen LogP contribution is 2.33. The fourth-order valence-electron chi connectivity index (χ4n) is 2.23. The van der Waals surface area contributed by atoms with Gasteiger partial charge in [-0.05, 0) is 19.2 Å². The number of hydrogen-bond acceptors (Lipinski definition) is 3. The second-order valence-electron chi connectivity index (χ2n) is 4.76. The van der Waals surface area contributed by atoms with Crippen molar-refractivity contribution < 1.29 is 0 Å². The molecule has 108 valence electrons. The molecule has 0 saturated heterocycles. The molecule has 0 amide bonds. The van der Waals surface area contributed by atoms with E-state index >= 15 is 0 Å². The number of likely N-dealkylation sites (N-methyl/N-ethyl adjacent to an activating group) is 1. The zero-order valence-electron chi connectivity index (χ0n) is 11.6. The topological polar surface area (TPSA) is 47.1 Å². The van der Waals surface area contributed by atoms with Crippen LogP contribution in [-0.2, 0) is 13.6 Å². The molecule has 1 aromatic heterocycles. The number of hydrogen-bond donors (Lipinski definition) is 1. The number of aryl methyl sites for hydroxylation is 1. The van der Waals surface area contributed by atoms with E-state index in [2.05, 4.69) is 9.88 Å². The van der Waals surface area contributed by atoms with Crippen molar-refractivity contribution in [2.24, 2.45) is 12.8 Å². The summed E-state index contributed by atoms with van der Waals surface area (Å²) in [5.74, 6) is 0.967. The van der Waals surface area contributed by atoms with Gasteiger partial charge in [-0.25, -0.2) is 4.98 Å². The molecule has 0 aliphatic heterocycles. The van der Waals surface area contributed by atoms with Crippen LogP contribution in [0.3, 0.4) is 0 Å². The van der Waals surface area contributed by atoms with Crippen molar-refractivity contribution in [1.29, 1.82) is 0 Å². The third-order valence-corrected chi connectivity index (χ3v) is 4.06. The maximum absolute atomic E-state index is 6.27. The average molecular weight is 313 g/mol. The summed E-state index contributed by atoms with van der Waals surface area (Å²) >= 11 is 12.5. The number of imidazole rings is 1. The van der Waals surface area contributed by atoms with Crippen molar-refractivity contribution in [3.63, 3.8) is 0 Å². The van der Waals surface area contributed by atoms with Crippen molar-refractivity contribution in [2.45, 2.75) is 12.6 Å². The van der Waals surface area contributed by atoms with E-state index in [1.54, 1.807) is 6.20 Å². The predicted octanol–water partition coefficient (Wildman–Crippen LogP) is 2.86. The van der Waals surface area contributed by atoms with Crippen LogP contribution in [-0.4, -0.2) is 28.0 Å². The highest BCUT2D eigenvalue weighted by atomic mass is 35.5. The first-order valence-electron chi connectivity index (χ1n) is 6.35. The van der Waals surface area contributed by atoms with Gasteiger partial charge in [-0.2, -0.15) is 0 Å². The number of nitrogens with zero attached hydrogens (tertiary/aromatic N) is 3. The molecule has 1 heterocycles. The second-order valence-corrected chi connectivity index (χ2v) is 5.57. The van der Waals surface area contributed by atoms with Gasteiger partial charge in [-0.3, -0.25) is 4.90 Å². The van der Waals surface area contributed by atoms with Crippen LogP contribution < -0.4 is 5.73 Å². The van der Waals surface area contributed by atoms with Gasteiger partial charge in [-0.1, -0.05) is 29.3 Å². The minimum Gasteiger partial charge on any atom is -0.337 e. The van der Waals surface area contributed by atoms with Crippen molar-refractivity contribution in [3.05, 3.63) is 52.0 Å². The van der Waals surface area contributed by atoms with Crippen LogP contribution in [0.15, 0.2) is 30.6 Å². The normalized spacial score (nSPS) is 12.9. The molecular formula is C14H18Cl2N4. The summed E-state index contributed by atoms with van der Waals surface area (Å²) < 4.78 is 1.98. The lowest BCUT2D eigenvalue weighted by Gasteiger charge is -2.28. The van der Waals surface area contributed by atoms with Crippen LogP contribution in [0.2, 0.25) is 10.0 Å². The molecule has 2 N–H and O–H groups in total. The standard InChI is InChI=1S/C14H18Cl2N4/c1-19-7-6-18-13(19)9-20(2)12(8-17)14-10(15)4-3-5-11(14)16/h3-7,12H,8-9,17H2,1-2H3. The molecule has 4 nitrogen and oxygen atoms in total. The van der Waals surface area contributed by atoms with Crippen LogP contribution in [0.4, 0.5) is 0 Å². The minimum absolute atomic E-state index is 0.0482. The van der Waals surface area contributed by atoms with E-state index in [0.29, 0.717) is 23.1 Å². The van der Waals surface area contributed by atoms with Crippen molar-refractivity contribution in [2.75, 3.05) is 13.6 Å². The minimum atomic E-state index is -0.0482. The summed E-state index contributed by atoms with van der Waals surface area (Å²) in [6.45, 7) is 1.11. The van der Waals surface area contributed by atoms with Gasteiger partial charge in [0.1, 0.15) is 5.82 Å². The Labute approximate surface area is 129 Å². The maximum atomic E-state index is 6.27. The number of aromatic nitrogens is 2. The summed E-state index contributed by atoms with van der Waals surface area (Å²) in [5, 5.41) is 1.28. The van der Waals surface area contributed by atoms with Crippen LogP contribution in [0.25, 0.3) is 0 Å². The first-order valence-corrected chi connectivity index (χ1v) is 7.10. The van der Waals surface area contributed by atoms with Crippen molar-refractivity contribution in [1.82, 2.24) is 14.5 Å². The first-order chi connectivity index (χ1) is 9.54. The fraction of sp³-hybridized carbons (Fsp3) is 0.357. The molecule has 0 spiro atoms. The predicted molar refractivity (Wildman–Crippen MR) is 82.9 cm³/mol. The number of rotatable bonds is 5. The fourth-order valence-corrected chi connectivity index (χ4v) is 2.88. The summed E-state index contributed by atoms with van der Waals surface area (Å²) in [7, 11) is 3.96. The lowest BCUT2D eigenvalue weighted by atomic mass is 10.1. The Morgan fingerprint density at radius 2 is 2.00 bits per heavy atom. The highest BCUT2D eigenvalue weighted by Gasteiger charge is 2.22. The molecule has 0 bridgehead atoms. The van der Waals surface area contributed by atoms with Crippen LogP contribution in [0.1, 0.15) is 17.4 Å². The van der Waals surface area contributed by atoms with E-state index in [1.807, 2.05) is 43.1 Å². The van der Waals surface area contributed by atoms with E-state index in [9.17, 15) is 0 Å². The van der Waals surface area contributed by atoms with Gasteiger partial charge in [0.25, 0.3) is 0 Å². The molecule has 2 aromatic rings. The molecule has 1 atom stereocenters. The molecule has 20 heavy (non-hydrogen) atoms. The molecule has 1 aromatic carbocycles. The number of nitrogens with two attached hydrogens (primary N) is 1. The third kappa shape index (κ3) is 3.15. The SMILES string of the molecule is CN(Cc1nccn1C)C(CN)c1c(Cl)cccc1Cl. The van der Waals surface area contributed by atoms with Gasteiger partial charge in [0.2, 0.25) is 0 Å². The summed E-state index contributed by atoms with van der Waals surface area (Å²) in [6, 6.07) is 5.45. The van der Waals surface area contributed by atoms with Gasteiger partial charge in [0, 0.05) is 41.6 Å². The molecule has 1 unspecified atom stereocenters. The van der Waals surface area contributed by atoms with Gasteiger partial charge < -0.3 is 10.3 Å². The van der Waals surface area contributed by atoms with E-state index < -0.39 is 0 Å². The molecule has 0 saturated carbocycles. The number of halogens is 2. The lowest BCUT2D eigenvalue weighted by molar-refractivity contribution is 0.234. The Bertz CT molecular complexity index is 562. The van der Waals surface area contributed by atoms with E-state index in [0.717, 1.165) is 11.4 Å². The Balaban J connectivity index is 2.26. The molecule has 0 aliphatic carbocycles. The van der Waals surface area contributed by atoms with Crippen molar-refractivity contribution >= 4 is 23.2 Å². The van der Waals surface area contributed by atoms with Crippen LogP contribution in [0, 0.1) is 0 Å². The summed E-state index contributed by atoms with van der Waals surface area (Å²) in [5.41, 5.74) is 6.79. The molecule has 6 heteroatoms. The monoisotopic (exact) mass is 312 g/mol. The van der Waals surface area contributed by atoms with Crippen LogP contribution in [0.5, 0.6) is 0 Å². The molecule has 0 radical (unpaired) electrons. The van der Waals surface area contributed by atoms with E-state index in [1.165, 1.54) is 0 Å². The van der Waals surface area contributed by atoms with Crippen molar-refractivity contribution in [3.8, 4) is 0 Å². The van der Waals surface area contributed by atoms with Gasteiger partial charge in [-0.15, -0.1) is 0 Å². The summed E-state index contributed by atoms with van der Waals surface area (Å²) in [4.78, 5) is 6.43. The lowest BCUT2D eigenvalue weighted by Crippen LogP contribution is -2.31. The Hall–Kier alpha value is -1.07. The van der Waals surface area contributed by atoms with Crippen LogP contribution >= 0.6 is 23.2 Å². The van der Waals surface area contributed by atoms with Gasteiger partial charge >= 0.3 is 0 Å². The first kappa shape index (κ1) is 15.3. The molecule has 0 aliphatic rings. The molecule has 0 fully saturated rings. The van der Waals surface area contributed by atoms with Gasteiger partial charge in [0.15, 0.2) is 0 Å². The maximum Gasteiger partial charge on any atom is 0.122 e. The highest BCUT2D eigenvalue weighted by molar-refractivity contribution is 6.36. The number of benzene rings is 1. The Kier molecular flexibility index (Phi) is 5.05. The Morgan fingerprint density at radius 3 is 2.50 bits per heavy atom. The molecule has 2 rings (SSSR count). The van der Waals surface area contributed by atoms with E-state index in [4.69, 9.17) is 28.9 Å². The van der Waals surface area contributed by atoms with Gasteiger partial charge in [0.05, 0.1) is 12.6 Å². The average Bonchev–Trinajstić information content (AvgIpc) is 2.79. The zero-order chi connectivity index (χ0) is 14.7.